The molecule has 0 bridgehead atoms. The van der Waals surface area contributed by atoms with Crippen molar-refractivity contribution in [2.24, 2.45) is 0 Å². The van der Waals surface area contributed by atoms with Crippen LogP contribution in [0.3, 0.4) is 0 Å². The predicted octanol–water partition coefficient (Wildman–Crippen LogP) is 4.95. The van der Waals surface area contributed by atoms with Gasteiger partial charge in [-0.05, 0) is 29.8 Å². The molecule has 0 unspecified atom stereocenters. The molecule has 10 heteroatoms. The first-order chi connectivity index (χ1) is 15.4. The van der Waals surface area contributed by atoms with Crippen LogP contribution in [0.25, 0.3) is 11.1 Å². The van der Waals surface area contributed by atoms with E-state index in [4.69, 9.17) is 0 Å². The number of pyridine rings is 2. The zero-order valence-corrected chi connectivity index (χ0v) is 16.3. The van der Waals surface area contributed by atoms with Crippen LogP contribution in [0, 0.1) is 0 Å². The summed E-state index contributed by atoms with van der Waals surface area (Å²) < 4.78 is 37.9. The summed E-state index contributed by atoms with van der Waals surface area (Å²) in [6.07, 6.45) is 1.01. The van der Waals surface area contributed by atoms with Crippen LogP contribution in [0.4, 0.5) is 30.5 Å². The van der Waals surface area contributed by atoms with Gasteiger partial charge in [-0.2, -0.15) is 13.2 Å². The Bertz CT molecular complexity index is 1230. The molecule has 7 nitrogen and oxygen atoms in total. The number of rotatable bonds is 5. The summed E-state index contributed by atoms with van der Waals surface area (Å²) in [7, 11) is 0. The minimum Gasteiger partial charge on any atom is -0.323 e. The highest BCUT2D eigenvalue weighted by molar-refractivity contribution is 6.05. The quantitative estimate of drug-likeness (QED) is 0.460. The number of hydrogen-bond acceptors (Lipinski definition) is 6. The number of amides is 1. The second kappa shape index (κ2) is 8.80. The van der Waals surface area contributed by atoms with Crippen LogP contribution in [0.15, 0.2) is 79.4 Å². The van der Waals surface area contributed by atoms with Crippen molar-refractivity contribution in [3.05, 3.63) is 90.8 Å². The number of nitrogens with one attached hydrogen (secondary N) is 2. The first-order valence-corrected chi connectivity index (χ1v) is 9.34. The number of nitrogens with zero attached hydrogens (tertiary/aromatic N) is 4. The maximum absolute atomic E-state index is 12.8. The number of anilines is 3. The summed E-state index contributed by atoms with van der Waals surface area (Å²) in [6.45, 7) is 0. The standard InChI is InChI=1S/C22H15F3N6O/c23-22(24,25)19-7-6-15(12-28-19)29-21-27-11-9-17(31-21)20(32)30-18-13-26-10-8-16(18)14-4-2-1-3-5-14/h1-13H,(H,30,32)(H,27,29,31). The number of benzene rings is 1. The van der Waals surface area contributed by atoms with Gasteiger partial charge in [0, 0.05) is 18.0 Å². The lowest BCUT2D eigenvalue weighted by Gasteiger charge is -2.11. The van der Waals surface area contributed by atoms with Crippen molar-refractivity contribution < 1.29 is 18.0 Å². The van der Waals surface area contributed by atoms with E-state index in [1.807, 2.05) is 30.3 Å². The van der Waals surface area contributed by atoms with E-state index in [2.05, 4.69) is 30.6 Å². The zero-order chi connectivity index (χ0) is 22.6. The van der Waals surface area contributed by atoms with Crippen molar-refractivity contribution in [1.29, 1.82) is 0 Å². The summed E-state index contributed by atoms with van der Waals surface area (Å²) in [5, 5.41) is 5.52. The third kappa shape index (κ3) is 4.86. The second-order valence-corrected chi connectivity index (χ2v) is 6.56. The number of carbonyl (C=O) groups excluding carboxylic acids is 1. The Balaban J connectivity index is 1.51. The molecular formula is C22H15F3N6O. The average Bonchev–Trinajstić information content (AvgIpc) is 2.80. The van der Waals surface area contributed by atoms with Gasteiger partial charge in [0.25, 0.3) is 5.91 Å². The highest BCUT2D eigenvalue weighted by atomic mass is 19.4. The van der Waals surface area contributed by atoms with Gasteiger partial charge in [-0.15, -0.1) is 0 Å². The van der Waals surface area contributed by atoms with Gasteiger partial charge in [0.15, 0.2) is 0 Å². The first kappa shape index (κ1) is 20.9. The first-order valence-electron chi connectivity index (χ1n) is 9.34. The zero-order valence-electron chi connectivity index (χ0n) is 16.3. The van der Waals surface area contributed by atoms with Crippen LogP contribution >= 0.6 is 0 Å². The fraction of sp³-hybridized carbons (Fsp3) is 0.0455. The second-order valence-electron chi connectivity index (χ2n) is 6.56. The van der Waals surface area contributed by atoms with E-state index in [9.17, 15) is 18.0 Å². The number of alkyl halides is 3. The third-order valence-corrected chi connectivity index (χ3v) is 4.35. The SMILES string of the molecule is O=C(Nc1cnccc1-c1ccccc1)c1ccnc(Nc2ccc(C(F)(F)F)nc2)n1. The van der Waals surface area contributed by atoms with Crippen LogP contribution in [0.1, 0.15) is 16.2 Å². The van der Waals surface area contributed by atoms with Gasteiger partial charge in [0.1, 0.15) is 11.4 Å². The summed E-state index contributed by atoms with van der Waals surface area (Å²) in [5.41, 5.74) is 1.49. The Morgan fingerprint density at radius 1 is 0.875 bits per heavy atom. The van der Waals surface area contributed by atoms with Crippen molar-refractivity contribution in [3.8, 4) is 11.1 Å². The van der Waals surface area contributed by atoms with Crippen molar-refractivity contribution in [1.82, 2.24) is 19.9 Å². The molecular weight excluding hydrogens is 421 g/mol. The van der Waals surface area contributed by atoms with Crippen molar-refractivity contribution in [3.63, 3.8) is 0 Å². The Morgan fingerprint density at radius 2 is 1.69 bits per heavy atom. The van der Waals surface area contributed by atoms with Gasteiger partial charge >= 0.3 is 6.18 Å². The normalized spacial score (nSPS) is 11.1. The highest BCUT2D eigenvalue weighted by Crippen LogP contribution is 2.28. The topological polar surface area (TPSA) is 92.7 Å². The van der Waals surface area contributed by atoms with Crippen LogP contribution in [-0.2, 0) is 6.18 Å². The largest absolute Gasteiger partial charge is 0.433 e. The van der Waals surface area contributed by atoms with Gasteiger partial charge in [-0.1, -0.05) is 30.3 Å². The molecule has 0 aliphatic heterocycles. The molecule has 2 N–H and O–H groups in total. The molecule has 3 heterocycles. The molecule has 0 saturated heterocycles. The lowest BCUT2D eigenvalue weighted by molar-refractivity contribution is -0.141. The number of carbonyl (C=O) groups is 1. The van der Waals surface area contributed by atoms with E-state index in [0.717, 1.165) is 23.4 Å². The monoisotopic (exact) mass is 436 g/mol. The van der Waals surface area contributed by atoms with E-state index >= 15 is 0 Å². The lowest BCUT2D eigenvalue weighted by atomic mass is 10.1. The van der Waals surface area contributed by atoms with E-state index in [1.54, 1.807) is 12.3 Å². The van der Waals surface area contributed by atoms with Gasteiger partial charge < -0.3 is 10.6 Å². The molecule has 0 aliphatic rings. The van der Waals surface area contributed by atoms with Gasteiger partial charge in [-0.3, -0.25) is 9.78 Å². The van der Waals surface area contributed by atoms with Crippen molar-refractivity contribution in [2.45, 2.75) is 6.18 Å². The van der Waals surface area contributed by atoms with Crippen LogP contribution in [0.5, 0.6) is 0 Å². The third-order valence-electron chi connectivity index (χ3n) is 4.35. The maximum Gasteiger partial charge on any atom is 0.433 e. The Hall–Kier alpha value is -4.34. The minimum atomic E-state index is -4.53. The summed E-state index contributed by atoms with van der Waals surface area (Å²) >= 11 is 0. The van der Waals surface area contributed by atoms with E-state index < -0.39 is 17.8 Å². The number of hydrogen-bond donors (Lipinski definition) is 2. The maximum atomic E-state index is 12.8. The molecule has 1 aromatic carbocycles. The Morgan fingerprint density at radius 3 is 2.41 bits per heavy atom. The Labute approximate surface area is 180 Å². The molecule has 0 spiro atoms. The van der Waals surface area contributed by atoms with Gasteiger partial charge in [0.05, 0.1) is 23.8 Å². The van der Waals surface area contributed by atoms with Crippen LogP contribution in [-0.4, -0.2) is 25.8 Å². The fourth-order valence-corrected chi connectivity index (χ4v) is 2.86. The highest BCUT2D eigenvalue weighted by Gasteiger charge is 2.32. The van der Waals surface area contributed by atoms with Gasteiger partial charge in [-0.25, -0.2) is 15.0 Å². The van der Waals surface area contributed by atoms with Crippen LogP contribution < -0.4 is 10.6 Å². The number of aromatic nitrogens is 4. The lowest BCUT2D eigenvalue weighted by Crippen LogP contribution is -2.15. The van der Waals surface area contributed by atoms with Gasteiger partial charge in [0.2, 0.25) is 5.95 Å². The van der Waals surface area contributed by atoms with E-state index in [1.165, 1.54) is 24.5 Å². The molecule has 160 valence electrons. The molecule has 4 aromatic rings. The molecule has 0 fully saturated rings. The molecule has 32 heavy (non-hydrogen) atoms. The molecule has 0 radical (unpaired) electrons. The van der Waals surface area contributed by atoms with Crippen molar-refractivity contribution >= 4 is 23.2 Å². The fourth-order valence-electron chi connectivity index (χ4n) is 2.86. The molecule has 3 aromatic heterocycles. The van der Waals surface area contributed by atoms with Crippen LogP contribution in [0.2, 0.25) is 0 Å². The predicted molar refractivity (Wildman–Crippen MR) is 112 cm³/mol. The average molecular weight is 436 g/mol. The molecule has 0 atom stereocenters. The minimum absolute atomic E-state index is 0.0358. The number of halogens is 3. The molecule has 0 aliphatic carbocycles. The summed E-state index contributed by atoms with van der Waals surface area (Å²) in [6, 6.07) is 14.7. The summed E-state index contributed by atoms with van der Waals surface area (Å²) in [4.78, 5) is 28.3. The summed E-state index contributed by atoms with van der Waals surface area (Å²) in [5.74, 6) is -0.458. The molecule has 4 rings (SSSR count). The molecule has 0 saturated carbocycles. The Kier molecular flexibility index (Phi) is 5.75. The smallest absolute Gasteiger partial charge is 0.323 e. The van der Waals surface area contributed by atoms with Crippen molar-refractivity contribution in [2.75, 3.05) is 10.6 Å². The molecule has 1 amide bonds. The van der Waals surface area contributed by atoms with E-state index in [0.29, 0.717) is 5.69 Å². The van der Waals surface area contributed by atoms with E-state index in [-0.39, 0.29) is 17.3 Å².